The van der Waals surface area contributed by atoms with E-state index < -0.39 is 16.8 Å². The fourth-order valence-electron chi connectivity index (χ4n) is 1.75. The summed E-state index contributed by atoms with van der Waals surface area (Å²) in [6, 6.07) is 7.75. The van der Waals surface area contributed by atoms with Gasteiger partial charge in [0.2, 0.25) is 0 Å². The molecule has 0 amide bonds. The zero-order valence-electron chi connectivity index (χ0n) is 13.8. The van der Waals surface area contributed by atoms with E-state index in [1.165, 1.54) is 11.8 Å². The number of aryl methyl sites for hydroxylation is 1. The van der Waals surface area contributed by atoms with E-state index in [1.807, 2.05) is 52.0 Å². The zero-order valence-corrected chi connectivity index (χ0v) is 14.7. The highest BCUT2D eigenvalue weighted by Crippen LogP contribution is 2.30. The van der Waals surface area contributed by atoms with Gasteiger partial charge in [0.05, 0.1) is 13.0 Å². The number of benzene rings is 1. The molecule has 0 N–H and O–H groups in total. The summed E-state index contributed by atoms with van der Waals surface area (Å²) in [7, 11) is 0. The van der Waals surface area contributed by atoms with E-state index in [0.717, 1.165) is 10.5 Å². The molecule has 0 aliphatic rings. The number of carbonyl (C=O) groups excluding carboxylic acids is 2. The second-order valence-corrected chi connectivity index (χ2v) is 7.16. The van der Waals surface area contributed by atoms with Crippen LogP contribution in [0.5, 0.6) is 0 Å². The third-order valence-electron chi connectivity index (χ3n) is 2.69. The molecular formula is C17H24O4S. The lowest BCUT2D eigenvalue weighted by molar-refractivity contribution is -0.157. The normalized spacial score (nSPS) is 12.6. The summed E-state index contributed by atoms with van der Waals surface area (Å²) in [5.74, 6) is -0.784. The summed E-state index contributed by atoms with van der Waals surface area (Å²) in [6.07, 6.45) is 0.00174. The Morgan fingerprint density at radius 3 is 2.41 bits per heavy atom. The topological polar surface area (TPSA) is 52.6 Å². The molecule has 1 unspecified atom stereocenters. The quantitative estimate of drug-likeness (QED) is 0.589. The number of hydrogen-bond acceptors (Lipinski definition) is 5. The standard InChI is InChI=1S/C17H24O4S/c1-6-20-15(18)11-14(16(19)21-17(3,4)5)22-13-10-8-7-9-12(13)2/h7-10,14H,6,11H2,1-5H3. The maximum atomic E-state index is 12.4. The van der Waals surface area contributed by atoms with Crippen molar-refractivity contribution in [3.05, 3.63) is 29.8 Å². The van der Waals surface area contributed by atoms with Gasteiger partial charge in [-0.2, -0.15) is 0 Å². The number of rotatable bonds is 6. The lowest BCUT2D eigenvalue weighted by atomic mass is 10.2. The summed E-state index contributed by atoms with van der Waals surface area (Å²) in [5.41, 5.74) is 0.473. The van der Waals surface area contributed by atoms with Crippen molar-refractivity contribution in [1.29, 1.82) is 0 Å². The molecule has 0 saturated heterocycles. The monoisotopic (exact) mass is 324 g/mol. The first-order chi connectivity index (χ1) is 10.2. The summed E-state index contributed by atoms with van der Waals surface area (Å²) in [6.45, 7) is 9.45. The van der Waals surface area contributed by atoms with Crippen LogP contribution in [0.2, 0.25) is 0 Å². The Kier molecular flexibility index (Phi) is 6.94. The van der Waals surface area contributed by atoms with Crippen LogP contribution in [0.25, 0.3) is 0 Å². The van der Waals surface area contributed by atoms with Gasteiger partial charge in [0.25, 0.3) is 0 Å². The number of carbonyl (C=O) groups is 2. The SMILES string of the molecule is CCOC(=O)CC(Sc1ccccc1C)C(=O)OC(C)(C)C. The van der Waals surface area contributed by atoms with Crippen LogP contribution < -0.4 is 0 Å². The van der Waals surface area contributed by atoms with Gasteiger partial charge in [0.15, 0.2) is 0 Å². The van der Waals surface area contributed by atoms with Gasteiger partial charge in [-0.15, -0.1) is 11.8 Å². The van der Waals surface area contributed by atoms with E-state index in [-0.39, 0.29) is 12.4 Å². The molecule has 0 bridgehead atoms. The minimum Gasteiger partial charge on any atom is -0.466 e. The van der Waals surface area contributed by atoms with Gasteiger partial charge in [-0.3, -0.25) is 9.59 Å². The van der Waals surface area contributed by atoms with Crippen molar-refractivity contribution in [3.8, 4) is 0 Å². The predicted octanol–water partition coefficient (Wildman–Crippen LogP) is 3.75. The van der Waals surface area contributed by atoms with Crippen molar-refractivity contribution in [2.75, 3.05) is 6.61 Å². The summed E-state index contributed by atoms with van der Waals surface area (Å²) in [4.78, 5) is 25.1. The molecule has 0 fully saturated rings. The third kappa shape index (κ3) is 6.52. The lowest BCUT2D eigenvalue weighted by Crippen LogP contribution is -2.32. The minimum absolute atomic E-state index is 0.00174. The van der Waals surface area contributed by atoms with Crippen LogP contribution in [0, 0.1) is 6.92 Å². The van der Waals surface area contributed by atoms with E-state index in [4.69, 9.17) is 9.47 Å². The molecule has 0 aromatic heterocycles. The van der Waals surface area contributed by atoms with Crippen molar-refractivity contribution in [2.45, 2.75) is 56.8 Å². The molecule has 122 valence electrons. The highest BCUT2D eigenvalue weighted by molar-refractivity contribution is 8.00. The van der Waals surface area contributed by atoms with Crippen molar-refractivity contribution < 1.29 is 19.1 Å². The Morgan fingerprint density at radius 1 is 1.23 bits per heavy atom. The van der Waals surface area contributed by atoms with Crippen molar-refractivity contribution in [3.63, 3.8) is 0 Å². The van der Waals surface area contributed by atoms with Gasteiger partial charge in [-0.1, -0.05) is 18.2 Å². The van der Waals surface area contributed by atoms with E-state index in [1.54, 1.807) is 6.92 Å². The fraction of sp³-hybridized carbons (Fsp3) is 0.529. The Morgan fingerprint density at radius 2 is 1.86 bits per heavy atom. The molecule has 5 heteroatoms. The van der Waals surface area contributed by atoms with Gasteiger partial charge in [0.1, 0.15) is 10.9 Å². The minimum atomic E-state index is -0.612. The van der Waals surface area contributed by atoms with E-state index >= 15 is 0 Å². The van der Waals surface area contributed by atoms with Gasteiger partial charge in [-0.25, -0.2) is 0 Å². The van der Waals surface area contributed by atoms with Crippen LogP contribution in [-0.4, -0.2) is 29.4 Å². The van der Waals surface area contributed by atoms with Gasteiger partial charge < -0.3 is 9.47 Å². The summed E-state index contributed by atoms with van der Waals surface area (Å²) < 4.78 is 10.4. The van der Waals surface area contributed by atoms with Crippen LogP contribution in [0.4, 0.5) is 0 Å². The highest BCUT2D eigenvalue weighted by Gasteiger charge is 2.29. The highest BCUT2D eigenvalue weighted by atomic mass is 32.2. The van der Waals surface area contributed by atoms with E-state index in [2.05, 4.69) is 0 Å². The second kappa shape index (κ2) is 8.22. The largest absolute Gasteiger partial charge is 0.466 e. The molecule has 0 aliphatic carbocycles. The molecule has 0 radical (unpaired) electrons. The average Bonchev–Trinajstić information content (AvgIpc) is 2.38. The molecule has 0 saturated carbocycles. The van der Waals surface area contributed by atoms with Crippen LogP contribution in [0.15, 0.2) is 29.2 Å². The number of ether oxygens (including phenoxy) is 2. The van der Waals surface area contributed by atoms with Crippen LogP contribution in [-0.2, 0) is 19.1 Å². The first kappa shape index (κ1) is 18.6. The summed E-state index contributed by atoms with van der Waals surface area (Å²) in [5, 5.41) is -0.612. The zero-order chi connectivity index (χ0) is 16.8. The first-order valence-electron chi connectivity index (χ1n) is 7.33. The molecular weight excluding hydrogens is 300 g/mol. The number of hydrogen-bond donors (Lipinski definition) is 0. The van der Waals surface area contributed by atoms with E-state index in [0.29, 0.717) is 6.61 Å². The molecule has 0 heterocycles. The average molecular weight is 324 g/mol. The molecule has 1 rings (SSSR count). The van der Waals surface area contributed by atoms with Crippen molar-refractivity contribution in [2.24, 2.45) is 0 Å². The van der Waals surface area contributed by atoms with Gasteiger partial charge in [-0.05, 0) is 46.2 Å². The molecule has 22 heavy (non-hydrogen) atoms. The molecule has 4 nitrogen and oxygen atoms in total. The Labute approximate surface area is 136 Å². The van der Waals surface area contributed by atoms with Crippen LogP contribution >= 0.6 is 11.8 Å². The maximum Gasteiger partial charge on any atom is 0.320 e. The Balaban J connectivity index is 2.88. The van der Waals surface area contributed by atoms with E-state index in [9.17, 15) is 9.59 Å². The van der Waals surface area contributed by atoms with Crippen LogP contribution in [0.3, 0.4) is 0 Å². The number of thioether (sulfide) groups is 1. The van der Waals surface area contributed by atoms with Crippen molar-refractivity contribution >= 4 is 23.7 Å². The molecule has 1 atom stereocenters. The van der Waals surface area contributed by atoms with Crippen molar-refractivity contribution in [1.82, 2.24) is 0 Å². The fourth-order valence-corrected chi connectivity index (χ4v) is 2.84. The second-order valence-electron chi connectivity index (χ2n) is 5.91. The molecule has 0 aliphatic heterocycles. The van der Waals surface area contributed by atoms with Crippen LogP contribution in [0.1, 0.15) is 39.7 Å². The predicted molar refractivity (Wildman–Crippen MR) is 87.9 cm³/mol. The molecule has 1 aromatic carbocycles. The third-order valence-corrected chi connectivity index (χ3v) is 4.05. The molecule has 0 spiro atoms. The van der Waals surface area contributed by atoms with Gasteiger partial charge in [0, 0.05) is 4.90 Å². The Hall–Kier alpha value is -1.49. The lowest BCUT2D eigenvalue weighted by Gasteiger charge is -2.23. The number of esters is 2. The first-order valence-corrected chi connectivity index (χ1v) is 8.21. The Bertz CT molecular complexity index is 520. The van der Waals surface area contributed by atoms with Gasteiger partial charge >= 0.3 is 11.9 Å². The maximum absolute atomic E-state index is 12.4. The smallest absolute Gasteiger partial charge is 0.320 e. The summed E-state index contributed by atoms with van der Waals surface area (Å²) >= 11 is 1.34. The molecule has 1 aromatic rings.